The molecule has 0 bridgehead atoms. The first-order chi connectivity index (χ1) is 6.70. The second-order valence-electron chi connectivity index (χ2n) is 4.21. The van der Waals surface area contributed by atoms with E-state index < -0.39 is 0 Å². The van der Waals surface area contributed by atoms with E-state index in [4.69, 9.17) is 4.74 Å². The van der Waals surface area contributed by atoms with E-state index in [9.17, 15) is 4.79 Å². The van der Waals surface area contributed by atoms with Gasteiger partial charge in [-0.05, 0) is 25.7 Å². The maximum absolute atomic E-state index is 11.0. The summed E-state index contributed by atoms with van der Waals surface area (Å²) in [5.41, 5.74) is 0.492. The lowest BCUT2D eigenvalue weighted by molar-refractivity contribution is -0.139. The Morgan fingerprint density at radius 3 is 2.64 bits per heavy atom. The molecular weight excluding hydrogens is 176 g/mol. The first-order valence-electron chi connectivity index (χ1n) is 5.53. The molecule has 0 saturated heterocycles. The number of esters is 1. The van der Waals surface area contributed by atoms with Crippen molar-refractivity contribution in [2.24, 2.45) is 5.92 Å². The lowest BCUT2D eigenvalue weighted by Crippen LogP contribution is -2.07. The molecule has 0 aromatic heterocycles. The molecule has 1 fully saturated rings. The van der Waals surface area contributed by atoms with Gasteiger partial charge in [0.15, 0.2) is 0 Å². The van der Waals surface area contributed by atoms with Gasteiger partial charge in [0, 0.05) is 5.57 Å². The first kappa shape index (κ1) is 11.3. The summed E-state index contributed by atoms with van der Waals surface area (Å²) in [6.07, 6.45) is 7.72. The zero-order valence-electron chi connectivity index (χ0n) is 9.05. The van der Waals surface area contributed by atoms with Gasteiger partial charge in [-0.25, -0.2) is 4.79 Å². The summed E-state index contributed by atoms with van der Waals surface area (Å²) in [5, 5.41) is 0. The highest BCUT2D eigenvalue weighted by Crippen LogP contribution is 2.28. The van der Waals surface area contributed by atoms with Crippen LogP contribution < -0.4 is 0 Å². The van der Waals surface area contributed by atoms with Crippen molar-refractivity contribution in [2.45, 2.75) is 45.4 Å². The minimum Gasteiger partial charge on any atom is -0.462 e. The summed E-state index contributed by atoms with van der Waals surface area (Å²) in [5.74, 6) is 0.634. The number of hydrogen-bond donors (Lipinski definition) is 0. The minimum absolute atomic E-state index is 0.253. The quantitative estimate of drug-likeness (QED) is 0.384. The van der Waals surface area contributed by atoms with E-state index in [0.29, 0.717) is 12.2 Å². The third-order valence-electron chi connectivity index (χ3n) is 2.81. The average molecular weight is 196 g/mol. The van der Waals surface area contributed by atoms with Crippen LogP contribution >= 0.6 is 0 Å². The largest absolute Gasteiger partial charge is 0.462 e. The summed E-state index contributed by atoms with van der Waals surface area (Å²) < 4.78 is 5.02. The molecule has 2 heteroatoms. The maximum atomic E-state index is 11.0. The molecule has 1 saturated carbocycles. The Labute approximate surface area is 86.3 Å². The molecule has 0 atom stereocenters. The van der Waals surface area contributed by atoms with Crippen molar-refractivity contribution in [3.63, 3.8) is 0 Å². The Kier molecular flexibility index (Phi) is 4.71. The van der Waals surface area contributed by atoms with E-state index >= 15 is 0 Å². The van der Waals surface area contributed by atoms with Crippen LogP contribution in [0.15, 0.2) is 12.2 Å². The highest BCUT2D eigenvalue weighted by atomic mass is 16.5. The van der Waals surface area contributed by atoms with Crippen molar-refractivity contribution >= 4 is 5.97 Å². The van der Waals surface area contributed by atoms with Crippen molar-refractivity contribution in [1.29, 1.82) is 0 Å². The maximum Gasteiger partial charge on any atom is 0.333 e. The molecule has 0 radical (unpaired) electrons. The van der Waals surface area contributed by atoms with Crippen LogP contribution in [-0.2, 0) is 9.53 Å². The summed E-state index contributed by atoms with van der Waals surface area (Å²) in [7, 11) is 0. The fourth-order valence-electron chi connectivity index (χ4n) is 1.96. The predicted molar refractivity (Wildman–Crippen MR) is 57.0 cm³/mol. The molecule has 1 aliphatic carbocycles. The van der Waals surface area contributed by atoms with Crippen molar-refractivity contribution in [1.82, 2.24) is 0 Å². The standard InChI is InChI=1S/C12H20O2/c1-10(2)12(13)14-9-5-8-11-6-3-4-7-11/h11H,1,3-9H2,2H3. The van der Waals surface area contributed by atoms with Gasteiger partial charge in [0.1, 0.15) is 0 Å². The van der Waals surface area contributed by atoms with E-state index in [1.54, 1.807) is 6.92 Å². The summed E-state index contributed by atoms with van der Waals surface area (Å²) in [6, 6.07) is 0. The molecule has 0 aromatic carbocycles. The third-order valence-corrected chi connectivity index (χ3v) is 2.81. The average Bonchev–Trinajstić information content (AvgIpc) is 2.64. The number of hydrogen-bond acceptors (Lipinski definition) is 2. The van der Waals surface area contributed by atoms with Gasteiger partial charge >= 0.3 is 5.97 Å². The van der Waals surface area contributed by atoms with Gasteiger partial charge < -0.3 is 4.74 Å². The van der Waals surface area contributed by atoms with E-state index in [2.05, 4.69) is 6.58 Å². The van der Waals surface area contributed by atoms with Gasteiger partial charge in [-0.15, -0.1) is 0 Å². The summed E-state index contributed by atoms with van der Waals surface area (Å²) >= 11 is 0. The van der Waals surface area contributed by atoms with Crippen LogP contribution in [0, 0.1) is 5.92 Å². The van der Waals surface area contributed by atoms with Crippen molar-refractivity contribution < 1.29 is 9.53 Å². The molecule has 0 unspecified atom stereocenters. The summed E-state index contributed by atoms with van der Waals surface area (Å²) in [6.45, 7) is 5.77. The fraction of sp³-hybridized carbons (Fsp3) is 0.750. The monoisotopic (exact) mass is 196 g/mol. The van der Waals surface area contributed by atoms with Gasteiger partial charge in [-0.2, -0.15) is 0 Å². The molecule has 14 heavy (non-hydrogen) atoms. The van der Waals surface area contributed by atoms with Crippen LogP contribution in [-0.4, -0.2) is 12.6 Å². The van der Waals surface area contributed by atoms with Gasteiger partial charge in [-0.1, -0.05) is 32.3 Å². The number of rotatable bonds is 5. The van der Waals surface area contributed by atoms with E-state index in [0.717, 1.165) is 12.3 Å². The molecule has 1 rings (SSSR count). The topological polar surface area (TPSA) is 26.3 Å². The normalized spacial score (nSPS) is 16.9. The second-order valence-corrected chi connectivity index (χ2v) is 4.21. The molecule has 1 aliphatic rings. The van der Waals surface area contributed by atoms with Crippen LogP contribution in [0.4, 0.5) is 0 Å². The number of carbonyl (C=O) groups excluding carboxylic acids is 1. The lowest BCUT2D eigenvalue weighted by Gasteiger charge is -2.08. The van der Waals surface area contributed by atoms with Gasteiger partial charge in [-0.3, -0.25) is 0 Å². The van der Waals surface area contributed by atoms with Crippen LogP contribution in [0.1, 0.15) is 45.4 Å². The summed E-state index contributed by atoms with van der Waals surface area (Å²) in [4.78, 5) is 11.0. The second kappa shape index (κ2) is 5.84. The van der Waals surface area contributed by atoms with Gasteiger partial charge in [0.25, 0.3) is 0 Å². The highest BCUT2D eigenvalue weighted by molar-refractivity contribution is 5.86. The third kappa shape index (κ3) is 3.95. The molecule has 2 nitrogen and oxygen atoms in total. The molecule has 0 aliphatic heterocycles. The molecule has 0 N–H and O–H groups in total. The Bertz CT molecular complexity index is 202. The molecular formula is C12H20O2. The van der Waals surface area contributed by atoms with Crippen LogP contribution in [0.5, 0.6) is 0 Å². The predicted octanol–water partition coefficient (Wildman–Crippen LogP) is 3.08. The lowest BCUT2D eigenvalue weighted by atomic mass is 10.0. The molecule has 0 aromatic rings. The smallest absolute Gasteiger partial charge is 0.333 e. The molecule has 0 spiro atoms. The highest BCUT2D eigenvalue weighted by Gasteiger charge is 2.14. The number of carbonyl (C=O) groups is 1. The van der Waals surface area contributed by atoms with Gasteiger partial charge in [0.05, 0.1) is 6.61 Å². The van der Waals surface area contributed by atoms with Crippen LogP contribution in [0.25, 0.3) is 0 Å². The van der Waals surface area contributed by atoms with E-state index in [-0.39, 0.29) is 5.97 Å². The van der Waals surface area contributed by atoms with E-state index in [1.807, 2.05) is 0 Å². The van der Waals surface area contributed by atoms with Crippen molar-refractivity contribution in [3.05, 3.63) is 12.2 Å². The van der Waals surface area contributed by atoms with Crippen LogP contribution in [0.2, 0.25) is 0 Å². The Balaban J connectivity index is 1.98. The van der Waals surface area contributed by atoms with Gasteiger partial charge in [0.2, 0.25) is 0 Å². The zero-order valence-corrected chi connectivity index (χ0v) is 9.05. The Morgan fingerprint density at radius 1 is 1.43 bits per heavy atom. The Hall–Kier alpha value is -0.790. The Morgan fingerprint density at radius 2 is 2.07 bits per heavy atom. The SMILES string of the molecule is C=C(C)C(=O)OCCCC1CCCC1. The molecule has 0 heterocycles. The minimum atomic E-state index is -0.253. The number of ether oxygens (including phenoxy) is 1. The van der Waals surface area contributed by atoms with Crippen molar-refractivity contribution in [3.8, 4) is 0 Å². The molecule has 80 valence electrons. The zero-order chi connectivity index (χ0) is 10.4. The molecule has 0 amide bonds. The fourth-order valence-corrected chi connectivity index (χ4v) is 1.96. The van der Waals surface area contributed by atoms with Crippen molar-refractivity contribution in [2.75, 3.05) is 6.61 Å². The first-order valence-corrected chi connectivity index (χ1v) is 5.53. The van der Waals surface area contributed by atoms with E-state index in [1.165, 1.54) is 32.1 Å². The van der Waals surface area contributed by atoms with Crippen LogP contribution in [0.3, 0.4) is 0 Å².